The van der Waals surface area contributed by atoms with Crippen LogP contribution in [0.25, 0.3) is 28.5 Å². The topological polar surface area (TPSA) is 106 Å². The van der Waals surface area contributed by atoms with Crippen molar-refractivity contribution in [1.82, 2.24) is 39.5 Å². The van der Waals surface area contributed by atoms with Crippen molar-refractivity contribution in [2.45, 2.75) is 32.2 Å². The van der Waals surface area contributed by atoms with E-state index in [9.17, 15) is 0 Å². The highest BCUT2D eigenvalue weighted by Crippen LogP contribution is 2.38. The molecule has 0 saturated heterocycles. The van der Waals surface area contributed by atoms with Gasteiger partial charge in [-0.1, -0.05) is 6.07 Å². The first-order valence-corrected chi connectivity index (χ1v) is 12.1. The Labute approximate surface area is 214 Å². The number of pyridine rings is 1. The Kier molecular flexibility index (Phi) is 5.84. The van der Waals surface area contributed by atoms with Gasteiger partial charge in [0.15, 0.2) is 5.82 Å². The minimum Gasteiger partial charge on any atom is -0.496 e. The highest BCUT2D eigenvalue weighted by Gasteiger charge is 2.28. The second-order valence-electron chi connectivity index (χ2n) is 8.93. The molecule has 0 aliphatic carbocycles. The fourth-order valence-corrected chi connectivity index (χ4v) is 4.82. The molecule has 37 heavy (non-hydrogen) atoms. The van der Waals surface area contributed by atoms with Crippen LogP contribution in [0.3, 0.4) is 0 Å². The molecule has 5 aromatic rings. The van der Waals surface area contributed by atoms with Crippen molar-refractivity contribution < 1.29 is 9.47 Å². The first-order chi connectivity index (χ1) is 18.1. The number of ether oxygens (including phenoxy) is 2. The zero-order valence-corrected chi connectivity index (χ0v) is 20.9. The van der Waals surface area contributed by atoms with Crippen molar-refractivity contribution in [1.29, 1.82) is 0 Å². The molecule has 0 fully saturated rings. The van der Waals surface area contributed by atoms with Crippen LogP contribution in [0.5, 0.6) is 11.6 Å². The third-order valence-corrected chi connectivity index (χ3v) is 6.60. The van der Waals surface area contributed by atoms with Crippen molar-refractivity contribution in [3.63, 3.8) is 0 Å². The Bertz CT molecular complexity index is 1560. The largest absolute Gasteiger partial charge is 0.496 e. The molecule has 0 amide bonds. The molecule has 186 valence electrons. The normalized spacial score (nSPS) is 14.8. The lowest BCUT2D eigenvalue weighted by molar-refractivity contribution is 0.396. The van der Waals surface area contributed by atoms with Crippen LogP contribution in [0.1, 0.15) is 35.8 Å². The van der Waals surface area contributed by atoms with E-state index in [1.165, 1.54) is 0 Å². The lowest BCUT2D eigenvalue weighted by Gasteiger charge is -2.23. The molecule has 1 aliphatic heterocycles. The Balaban J connectivity index is 1.37. The van der Waals surface area contributed by atoms with Crippen LogP contribution in [0.15, 0.2) is 61.2 Å². The summed E-state index contributed by atoms with van der Waals surface area (Å²) < 4.78 is 15.1. The van der Waals surface area contributed by atoms with Crippen molar-refractivity contribution in [2.75, 3.05) is 14.2 Å². The summed E-state index contributed by atoms with van der Waals surface area (Å²) in [4.78, 5) is 14.0. The van der Waals surface area contributed by atoms with Crippen LogP contribution in [-0.2, 0) is 6.54 Å². The van der Waals surface area contributed by atoms with E-state index in [-0.39, 0.29) is 5.92 Å². The Morgan fingerprint density at radius 1 is 1.00 bits per heavy atom. The van der Waals surface area contributed by atoms with Gasteiger partial charge in [-0.05, 0) is 61.7 Å². The summed E-state index contributed by atoms with van der Waals surface area (Å²) in [5.41, 5.74) is 5.20. The van der Waals surface area contributed by atoms with E-state index in [1.807, 2.05) is 52.7 Å². The summed E-state index contributed by atoms with van der Waals surface area (Å²) in [6.07, 6.45) is 7.32. The Morgan fingerprint density at radius 3 is 2.68 bits per heavy atom. The van der Waals surface area contributed by atoms with Crippen LogP contribution < -0.4 is 9.47 Å². The predicted molar refractivity (Wildman–Crippen MR) is 137 cm³/mol. The average molecular weight is 495 g/mol. The van der Waals surface area contributed by atoms with Gasteiger partial charge in [0.05, 0.1) is 31.9 Å². The molecule has 5 heterocycles. The molecular formula is C27H26N8O2. The van der Waals surface area contributed by atoms with Crippen LogP contribution in [0.4, 0.5) is 0 Å². The molecule has 0 N–H and O–H groups in total. The standard InChI is InChI=1S/C27H26N8O2/c1-17-15-34(16-28-17)23-10-9-22(30-27(23)37-3)25-31-26-19(6-5-13-35(26)33-25)18-8-11-24(36-2)20(14-18)21-7-4-12-29-32-21/h4,7-12,14-16,19H,5-6,13H2,1-3H3/t19-/m0/s1. The van der Waals surface area contributed by atoms with E-state index in [4.69, 9.17) is 24.5 Å². The van der Waals surface area contributed by atoms with E-state index in [0.29, 0.717) is 17.4 Å². The summed E-state index contributed by atoms with van der Waals surface area (Å²) >= 11 is 0. The summed E-state index contributed by atoms with van der Waals surface area (Å²) in [7, 11) is 3.28. The molecule has 1 aliphatic rings. The molecule has 6 rings (SSSR count). The number of fused-ring (bicyclic) bond motifs is 1. The van der Waals surface area contributed by atoms with Gasteiger partial charge in [0.2, 0.25) is 5.88 Å². The predicted octanol–water partition coefficient (Wildman–Crippen LogP) is 4.23. The second-order valence-corrected chi connectivity index (χ2v) is 8.93. The summed E-state index contributed by atoms with van der Waals surface area (Å²) in [5.74, 6) is 2.84. The lowest BCUT2D eigenvalue weighted by Crippen LogP contribution is -2.18. The molecule has 0 unspecified atom stereocenters. The quantitative estimate of drug-likeness (QED) is 0.345. The number of hydrogen-bond acceptors (Lipinski definition) is 8. The highest BCUT2D eigenvalue weighted by molar-refractivity contribution is 5.68. The molecule has 1 aromatic carbocycles. The molecule has 10 heteroatoms. The maximum atomic E-state index is 5.61. The number of rotatable bonds is 6. The molecule has 1 atom stereocenters. The first-order valence-electron chi connectivity index (χ1n) is 12.1. The molecule has 0 radical (unpaired) electrons. The zero-order chi connectivity index (χ0) is 25.4. The van der Waals surface area contributed by atoms with E-state index in [1.54, 1.807) is 26.7 Å². The van der Waals surface area contributed by atoms with Gasteiger partial charge in [-0.3, -0.25) is 0 Å². The smallest absolute Gasteiger partial charge is 0.238 e. The number of aryl methyl sites for hydroxylation is 2. The maximum Gasteiger partial charge on any atom is 0.238 e. The molecule has 0 spiro atoms. The van der Waals surface area contributed by atoms with E-state index in [2.05, 4.69) is 27.3 Å². The zero-order valence-electron chi connectivity index (χ0n) is 20.9. The molecule has 0 bridgehead atoms. The SMILES string of the molecule is COc1ccc([C@@H]2CCCn3nc(-c4ccc(-n5cnc(C)c5)c(OC)n4)nc32)cc1-c1cccnn1. The van der Waals surface area contributed by atoms with E-state index >= 15 is 0 Å². The fourth-order valence-electron chi connectivity index (χ4n) is 4.82. The Hall–Kier alpha value is -4.60. The van der Waals surface area contributed by atoms with E-state index < -0.39 is 0 Å². The molecule has 0 saturated carbocycles. The van der Waals surface area contributed by atoms with E-state index in [0.717, 1.165) is 59.2 Å². The number of nitrogens with zero attached hydrogens (tertiary/aromatic N) is 8. The number of aromatic nitrogens is 8. The van der Waals surface area contributed by atoms with Crippen molar-refractivity contribution in [3.8, 4) is 40.1 Å². The maximum absolute atomic E-state index is 5.61. The minimum atomic E-state index is 0.0893. The third kappa shape index (κ3) is 4.20. The van der Waals surface area contributed by atoms with Gasteiger partial charge < -0.3 is 14.0 Å². The van der Waals surface area contributed by atoms with Gasteiger partial charge in [-0.25, -0.2) is 19.6 Å². The fraction of sp³-hybridized carbons (Fsp3) is 0.259. The summed E-state index contributed by atoms with van der Waals surface area (Å²) in [5, 5.41) is 13.1. The first kappa shape index (κ1) is 22.8. The van der Waals surface area contributed by atoms with Gasteiger partial charge in [0, 0.05) is 30.4 Å². The van der Waals surface area contributed by atoms with Crippen LogP contribution in [0, 0.1) is 6.92 Å². The summed E-state index contributed by atoms with van der Waals surface area (Å²) in [6.45, 7) is 2.76. The molecular weight excluding hydrogens is 468 g/mol. The van der Waals surface area contributed by atoms with Gasteiger partial charge in [0.25, 0.3) is 0 Å². The summed E-state index contributed by atoms with van der Waals surface area (Å²) in [6, 6.07) is 13.9. The number of imidazole rings is 1. The lowest BCUT2D eigenvalue weighted by atomic mass is 9.89. The molecule has 10 nitrogen and oxygen atoms in total. The minimum absolute atomic E-state index is 0.0893. The monoisotopic (exact) mass is 494 g/mol. The van der Waals surface area contributed by atoms with Crippen molar-refractivity contribution in [2.24, 2.45) is 0 Å². The third-order valence-electron chi connectivity index (χ3n) is 6.60. The average Bonchev–Trinajstić information content (AvgIpc) is 3.59. The van der Waals surface area contributed by atoms with Gasteiger partial charge in [-0.15, -0.1) is 5.10 Å². The van der Waals surface area contributed by atoms with Crippen LogP contribution in [-0.4, -0.2) is 53.7 Å². The van der Waals surface area contributed by atoms with Gasteiger partial charge in [0.1, 0.15) is 23.0 Å². The van der Waals surface area contributed by atoms with Crippen LogP contribution in [0.2, 0.25) is 0 Å². The second kappa shape index (κ2) is 9.45. The van der Waals surface area contributed by atoms with Gasteiger partial charge >= 0.3 is 0 Å². The number of hydrogen-bond donors (Lipinski definition) is 0. The van der Waals surface area contributed by atoms with Crippen LogP contribution >= 0.6 is 0 Å². The Morgan fingerprint density at radius 2 is 1.92 bits per heavy atom. The molecule has 4 aromatic heterocycles. The van der Waals surface area contributed by atoms with Gasteiger partial charge in [-0.2, -0.15) is 10.2 Å². The highest BCUT2D eigenvalue weighted by atomic mass is 16.5. The number of benzene rings is 1. The number of methoxy groups -OCH3 is 2. The van der Waals surface area contributed by atoms with Crippen molar-refractivity contribution in [3.05, 3.63) is 78.3 Å². The van der Waals surface area contributed by atoms with Crippen molar-refractivity contribution >= 4 is 0 Å².